The van der Waals surface area contributed by atoms with E-state index in [0.29, 0.717) is 23.3 Å². The molecule has 4 nitrogen and oxygen atoms in total. The second-order valence-corrected chi connectivity index (χ2v) is 5.28. The van der Waals surface area contributed by atoms with Gasteiger partial charge in [-0.15, -0.1) is 0 Å². The van der Waals surface area contributed by atoms with Gasteiger partial charge in [-0.05, 0) is 11.8 Å². The summed E-state index contributed by atoms with van der Waals surface area (Å²) in [5, 5.41) is 0. The van der Waals surface area contributed by atoms with Crippen molar-refractivity contribution in [2.45, 2.75) is 27.3 Å². The van der Waals surface area contributed by atoms with Gasteiger partial charge in [0.15, 0.2) is 11.6 Å². The number of nitrogens with two attached hydrogens (primary N) is 1. The Morgan fingerprint density at radius 2 is 2.05 bits per heavy atom. The van der Waals surface area contributed by atoms with Gasteiger partial charge >= 0.3 is 0 Å². The highest BCUT2D eigenvalue weighted by atomic mass is 19.1. The van der Waals surface area contributed by atoms with Gasteiger partial charge in [0, 0.05) is 18.7 Å². The van der Waals surface area contributed by atoms with E-state index < -0.39 is 5.82 Å². The number of fused-ring (bicyclic) bond motifs is 1. The molecule has 0 bridgehead atoms. The van der Waals surface area contributed by atoms with Crippen LogP contribution in [0, 0.1) is 17.7 Å². The lowest BCUT2D eigenvalue weighted by Crippen LogP contribution is -2.14. The number of nitrogen functional groups attached to an aromatic ring is 1. The minimum Gasteiger partial charge on any atom is -0.494 e. The number of methoxy groups -OCH3 is 1. The minimum absolute atomic E-state index is 0.214. The monoisotopic (exact) mass is 265 g/mol. The predicted octanol–water partition coefficient (Wildman–Crippen LogP) is 3.06. The quantitative estimate of drug-likeness (QED) is 0.924. The molecule has 19 heavy (non-hydrogen) atoms. The van der Waals surface area contributed by atoms with E-state index in [-0.39, 0.29) is 5.75 Å². The van der Waals surface area contributed by atoms with Crippen LogP contribution in [0.1, 0.15) is 20.8 Å². The van der Waals surface area contributed by atoms with Gasteiger partial charge in [0.2, 0.25) is 5.95 Å². The Hall–Kier alpha value is -1.78. The maximum atomic E-state index is 13.6. The van der Waals surface area contributed by atoms with Crippen molar-refractivity contribution in [3.8, 4) is 5.75 Å². The van der Waals surface area contributed by atoms with Crippen molar-refractivity contribution >= 4 is 17.0 Å². The molecule has 5 heteroatoms. The normalized spacial score (nSPS) is 13.2. The van der Waals surface area contributed by atoms with Crippen LogP contribution in [0.15, 0.2) is 12.1 Å². The first-order valence-electron chi connectivity index (χ1n) is 6.43. The summed E-state index contributed by atoms with van der Waals surface area (Å²) in [5.41, 5.74) is 7.30. The Bertz CT molecular complexity index is 592. The lowest BCUT2D eigenvalue weighted by atomic mass is 9.98. The highest BCUT2D eigenvalue weighted by molar-refractivity contribution is 5.80. The SMILES string of the molecule is COc1cc2c(cc1F)nc(N)n2CC(C)C(C)C. The van der Waals surface area contributed by atoms with Crippen molar-refractivity contribution in [2.24, 2.45) is 11.8 Å². The lowest BCUT2D eigenvalue weighted by molar-refractivity contribution is 0.370. The number of halogens is 1. The molecule has 1 aromatic carbocycles. The molecule has 1 unspecified atom stereocenters. The smallest absolute Gasteiger partial charge is 0.201 e. The maximum Gasteiger partial charge on any atom is 0.201 e. The molecule has 1 aromatic heterocycles. The molecular weight excluding hydrogens is 245 g/mol. The van der Waals surface area contributed by atoms with E-state index in [4.69, 9.17) is 10.5 Å². The zero-order chi connectivity index (χ0) is 14.2. The summed E-state index contributed by atoms with van der Waals surface area (Å²) in [4.78, 5) is 4.21. The number of benzene rings is 1. The standard InChI is InChI=1S/C14H20FN3O/c1-8(2)9(3)7-18-12-6-13(19-4)10(15)5-11(12)17-14(18)16/h5-6,8-9H,7H2,1-4H3,(H2,16,17). The van der Waals surface area contributed by atoms with E-state index in [1.165, 1.54) is 13.2 Å². The topological polar surface area (TPSA) is 53.1 Å². The average Bonchev–Trinajstić information content (AvgIpc) is 2.64. The van der Waals surface area contributed by atoms with Crippen LogP contribution in [0.25, 0.3) is 11.0 Å². The highest BCUT2D eigenvalue weighted by Gasteiger charge is 2.16. The van der Waals surface area contributed by atoms with Gasteiger partial charge in [0.1, 0.15) is 0 Å². The number of ether oxygens (including phenoxy) is 1. The fourth-order valence-corrected chi connectivity index (χ4v) is 1.99. The Kier molecular flexibility index (Phi) is 3.64. The first-order chi connectivity index (χ1) is 8.93. The summed E-state index contributed by atoms with van der Waals surface area (Å²) >= 11 is 0. The second-order valence-electron chi connectivity index (χ2n) is 5.28. The first kappa shape index (κ1) is 13.6. The maximum absolute atomic E-state index is 13.6. The summed E-state index contributed by atoms with van der Waals surface area (Å²) in [6.45, 7) is 7.26. The van der Waals surface area contributed by atoms with Gasteiger partial charge in [-0.3, -0.25) is 0 Å². The molecule has 0 saturated carbocycles. The summed E-state index contributed by atoms with van der Waals surface area (Å²) < 4.78 is 20.6. The summed E-state index contributed by atoms with van der Waals surface area (Å²) in [5.74, 6) is 1.20. The van der Waals surface area contributed by atoms with Gasteiger partial charge in [0.25, 0.3) is 0 Å². The second kappa shape index (κ2) is 5.07. The van der Waals surface area contributed by atoms with Crippen LogP contribution >= 0.6 is 0 Å². The van der Waals surface area contributed by atoms with Crippen molar-refractivity contribution < 1.29 is 9.13 Å². The third-order valence-corrected chi connectivity index (χ3v) is 3.66. The number of hydrogen-bond acceptors (Lipinski definition) is 3. The number of aromatic nitrogens is 2. The van der Waals surface area contributed by atoms with E-state index in [9.17, 15) is 4.39 Å². The van der Waals surface area contributed by atoms with E-state index in [0.717, 1.165) is 12.1 Å². The summed E-state index contributed by atoms with van der Waals surface area (Å²) in [6.07, 6.45) is 0. The molecule has 0 aliphatic rings. The van der Waals surface area contributed by atoms with Crippen LogP contribution in [-0.4, -0.2) is 16.7 Å². The molecule has 2 aromatic rings. The Balaban J connectivity index is 2.51. The summed E-state index contributed by atoms with van der Waals surface area (Å²) in [6, 6.07) is 3.02. The first-order valence-corrected chi connectivity index (χ1v) is 6.43. The van der Waals surface area contributed by atoms with Gasteiger partial charge in [0.05, 0.1) is 18.1 Å². The number of nitrogens with zero attached hydrogens (tertiary/aromatic N) is 2. The highest BCUT2D eigenvalue weighted by Crippen LogP contribution is 2.27. The third kappa shape index (κ3) is 2.50. The number of rotatable bonds is 4. The fraction of sp³-hybridized carbons (Fsp3) is 0.500. The Morgan fingerprint density at radius 3 is 2.63 bits per heavy atom. The molecule has 0 saturated heterocycles. The molecule has 2 rings (SSSR count). The van der Waals surface area contributed by atoms with Crippen LogP contribution < -0.4 is 10.5 Å². The lowest BCUT2D eigenvalue weighted by Gasteiger charge is -2.17. The van der Waals surface area contributed by atoms with Crippen LogP contribution in [0.3, 0.4) is 0 Å². The molecule has 0 spiro atoms. The third-order valence-electron chi connectivity index (χ3n) is 3.66. The van der Waals surface area contributed by atoms with E-state index in [1.54, 1.807) is 6.07 Å². The van der Waals surface area contributed by atoms with Crippen molar-refractivity contribution in [3.05, 3.63) is 17.9 Å². The molecule has 0 amide bonds. The van der Waals surface area contributed by atoms with Crippen molar-refractivity contribution in [2.75, 3.05) is 12.8 Å². The number of hydrogen-bond donors (Lipinski definition) is 1. The molecular formula is C14H20FN3O. The molecule has 2 N–H and O–H groups in total. The molecule has 0 aliphatic heterocycles. The van der Waals surface area contributed by atoms with Crippen molar-refractivity contribution in [3.63, 3.8) is 0 Å². The van der Waals surface area contributed by atoms with Crippen LogP contribution in [0.4, 0.5) is 10.3 Å². The molecule has 1 heterocycles. The summed E-state index contributed by atoms with van der Waals surface area (Å²) in [7, 11) is 1.45. The van der Waals surface area contributed by atoms with Gasteiger partial charge in [-0.2, -0.15) is 0 Å². The van der Waals surface area contributed by atoms with Gasteiger partial charge in [-0.1, -0.05) is 20.8 Å². The van der Waals surface area contributed by atoms with Crippen LogP contribution in [0.5, 0.6) is 5.75 Å². The average molecular weight is 265 g/mol. The molecule has 1 atom stereocenters. The zero-order valence-electron chi connectivity index (χ0n) is 11.8. The Morgan fingerprint density at radius 1 is 1.37 bits per heavy atom. The predicted molar refractivity (Wildman–Crippen MR) is 74.7 cm³/mol. The largest absolute Gasteiger partial charge is 0.494 e. The molecule has 104 valence electrons. The molecule has 0 aliphatic carbocycles. The van der Waals surface area contributed by atoms with Gasteiger partial charge < -0.3 is 15.0 Å². The zero-order valence-corrected chi connectivity index (χ0v) is 11.8. The molecule has 0 radical (unpaired) electrons. The van der Waals surface area contributed by atoms with E-state index in [1.807, 2.05) is 4.57 Å². The minimum atomic E-state index is -0.420. The van der Waals surface area contributed by atoms with Crippen LogP contribution in [0.2, 0.25) is 0 Å². The number of anilines is 1. The van der Waals surface area contributed by atoms with E-state index in [2.05, 4.69) is 25.8 Å². The number of imidazole rings is 1. The van der Waals surface area contributed by atoms with Crippen molar-refractivity contribution in [1.82, 2.24) is 9.55 Å². The Labute approximate surface area is 112 Å². The molecule has 0 fully saturated rings. The van der Waals surface area contributed by atoms with Crippen molar-refractivity contribution in [1.29, 1.82) is 0 Å². The van der Waals surface area contributed by atoms with Gasteiger partial charge in [-0.25, -0.2) is 9.37 Å². The van der Waals surface area contributed by atoms with Crippen LogP contribution in [-0.2, 0) is 6.54 Å². The van der Waals surface area contributed by atoms with E-state index >= 15 is 0 Å². The fourth-order valence-electron chi connectivity index (χ4n) is 1.99.